The fourth-order valence-electron chi connectivity index (χ4n) is 4.30. The van der Waals surface area contributed by atoms with Crippen molar-refractivity contribution < 1.29 is 9.47 Å². The summed E-state index contributed by atoms with van der Waals surface area (Å²) in [5, 5.41) is 0.775. The SMILES string of the molecule is Clc1cccc(N2CCN(c3nc(N4CCOCC4)cc(N4CCOCC4)n3)CC2)c1. The maximum absolute atomic E-state index is 6.19. The average molecular weight is 445 g/mol. The van der Waals surface area contributed by atoms with Crippen molar-refractivity contribution in [2.45, 2.75) is 0 Å². The number of hydrogen-bond donors (Lipinski definition) is 0. The number of aromatic nitrogens is 2. The van der Waals surface area contributed by atoms with Crippen LogP contribution in [0.3, 0.4) is 0 Å². The van der Waals surface area contributed by atoms with Crippen LogP contribution in [0.2, 0.25) is 5.02 Å². The average Bonchev–Trinajstić information content (AvgIpc) is 2.85. The van der Waals surface area contributed by atoms with E-state index in [4.69, 9.17) is 31.0 Å². The molecule has 3 saturated heterocycles. The Kier molecular flexibility index (Phi) is 6.29. The number of nitrogens with zero attached hydrogens (tertiary/aromatic N) is 6. The molecule has 0 atom stereocenters. The molecule has 0 bridgehead atoms. The maximum atomic E-state index is 6.19. The van der Waals surface area contributed by atoms with Crippen LogP contribution in [0.25, 0.3) is 0 Å². The zero-order valence-corrected chi connectivity index (χ0v) is 18.5. The van der Waals surface area contributed by atoms with Crippen LogP contribution >= 0.6 is 11.6 Å². The number of halogens is 1. The number of rotatable bonds is 4. The molecule has 166 valence electrons. The Balaban J connectivity index is 1.36. The fraction of sp³-hybridized carbons (Fsp3) is 0.545. The van der Waals surface area contributed by atoms with Gasteiger partial charge in [0.1, 0.15) is 11.6 Å². The molecule has 8 nitrogen and oxygen atoms in total. The van der Waals surface area contributed by atoms with Gasteiger partial charge in [0, 0.05) is 69.1 Å². The summed E-state index contributed by atoms with van der Waals surface area (Å²) in [5.74, 6) is 2.80. The van der Waals surface area contributed by atoms with Gasteiger partial charge in [-0.3, -0.25) is 0 Å². The van der Waals surface area contributed by atoms with Crippen molar-refractivity contribution in [1.82, 2.24) is 9.97 Å². The van der Waals surface area contributed by atoms with Gasteiger partial charge in [-0.15, -0.1) is 0 Å². The minimum absolute atomic E-state index is 0.741. The van der Waals surface area contributed by atoms with Crippen LogP contribution in [0.4, 0.5) is 23.3 Å². The van der Waals surface area contributed by atoms with Crippen LogP contribution in [-0.4, -0.2) is 88.8 Å². The van der Waals surface area contributed by atoms with Gasteiger partial charge in [-0.25, -0.2) is 0 Å². The van der Waals surface area contributed by atoms with E-state index < -0.39 is 0 Å². The molecule has 0 amide bonds. The summed E-state index contributed by atoms with van der Waals surface area (Å²) in [6, 6.07) is 10.2. The predicted molar refractivity (Wildman–Crippen MR) is 124 cm³/mol. The number of morpholine rings is 2. The van der Waals surface area contributed by atoms with E-state index in [1.165, 1.54) is 5.69 Å². The largest absolute Gasteiger partial charge is 0.378 e. The van der Waals surface area contributed by atoms with E-state index in [2.05, 4.69) is 31.7 Å². The maximum Gasteiger partial charge on any atom is 0.229 e. The summed E-state index contributed by atoms with van der Waals surface area (Å²) in [7, 11) is 0. The van der Waals surface area contributed by atoms with E-state index in [0.717, 1.165) is 101 Å². The molecule has 0 unspecified atom stereocenters. The van der Waals surface area contributed by atoms with E-state index in [9.17, 15) is 0 Å². The molecule has 3 aliphatic heterocycles. The van der Waals surface area contributed by atoms with E-state index in [1.54, 1.807) is 0 Å². The molecule has 5 rings (SSSR count). The minimum atomic E-state index is 0.741. The van der Waals surface area contributed by atoms with Gasteiger partial charge < -0.3 is 29.1 Å². The van der Waals surface area contributed by atoms with E-state index in [-0.39, 0.29) is 0 Å². The lowest BCUT2D eigenvalue weighted by molar-refractivity contribution is 0.122. The molecule has 0 aliphatic carbocycles. The smallest absolute Gasteiger partial charge is 0.229 e. The molecular formula is C22H29ClN6O2. The molecule has 0 saturated carbocycles. The molecule has 3 aliphatic rings. The van der Waals surface area contributed by atoms with Crippen LogP contribution in [0.5, 0.6) is 0 Å². The van der Waals surface area contributed by atoms with Gasteiger partial charge >= 0.3 is 0 Å². The van der Waals surface area contributed by atoms with Crippen LogP contribution in [0, 0.1) is 0 Å². The Labute approximate surface area is 188 Å². The molecule has 0 N–H and O–H groups in total. The molecule has 1 aromatic heterocycles. The van der Waals surface area contributed by atoms with Crippen molar-refractivity contribution in [3.63, 3.8) is 0 Å². The summed E-state index contributed by atoms with van der Waals surface area (Å²) in [6.45, 7) is 10.00. The standard InChI is InChI=1S/C22H29ClN6O2/c23-18-2-1-3-19(16-18)26-4-6-29(7-5-26)22-24-20(27-8-12-30-13-9-27)17-21(25-22)28-10-14-31-15-11-28/h1-3,16-17H,4-15H2. The summed E-state index contributed by atoms with van der Waals surface area (Å²) in [4.78, 5) is 19.2. The third kappa shape index (κ3) is 4.81. The van der Waals surface area contributed by atoms with Crippen LogP contribution in [-0.2, 0) is 9.47 Å². The lowest BCUT2D eigenvalue weighted by Gasteiger charge is -2.37. The van der Waals surface area contributed by atoms with Crippen molar-refractivity contribution in [3.05, 3.63) is 35.4 Å². The Bertz CT molecular complexity index is 844. The van der Waals surface area contributed by atoms with Gasteiger partial charge in [0.05, 0.1) is 26.4 Å². The first-order chi connectivity index (χ1) is 15.3. The van der Waals surface area contributed by atoms with Gasteiger partial charge in [0.25, 0.3) is 0 Å². The van der Waals surface area contributed by atoms with Crippen molar-refractivity contribution in [3.8, 4) is 0 Å². The summed E-state index contributed by atoms with van der Waals surface area (Å²) < 4.78 is 11.1. The van der Waals surface area contributed by atoms with Crippen LogP contribution < -0.4 is 19.6 Å². The first-order valence-corrected chi connectivity index (χ1v) is 11.4. The highest BCUT2D eigenvalue weighted by atomic mass is 35.5. The lowest BCUT2D eigenvalue weighted by Crippen LogP contribution is -2.47. The van der Waals surface area contributed by atoms with Gasteiger partial charge in [0.2, 0.25) is 5.95 Å². The second kappa shape index (κ2) is 9.46. The fourth-order valence-corrected chi connectivity index (χ4v) is 4.48. The van der Waals surface area contributed by atoms with Crippen molar-refractivity contribution in [2.75, 3.05) is 98.4 Å². The molecule has 1 aromatic carbocycles. The summed E-state index contributed by atoms with van der Waals surface area (Å²) >= 11 is 6.19. The quantitative estimate of drug-likeness (QED) is 0.711. The third-order valence-corrected chi connectivity index (χ3v) is 6.33. The van der Waals surface area contributed by atoms with Crippen molar-refractivity contribution in [2.24, 2.45) is 0 Å². The van der Waals surface area contributed by atoms with Gasteiger partial charge in [-0.1, -0.05) is 17.7 Å². The topological polar surface area (TPSA) is 57.2 Å². The zero-order valence-electron chi connectivity index (χ0n) is 17.7. The molecule has 9 heteroatoms. The Morgan fingerprint density at radius 3 is 1.74 bits per heavy atom. The van der Waals surface area contributed by atoms with Gasteiger partial charge in [0.15, 0.2) is 0 Å². The van der Waals surface area contributed by atoms with Crippen molar-refractivity contribution >= 4 is 34.9 Å². The highest BCUT2D eigenvalue weighted by molar-refractivity contribution is 6.30. The third-order valence-electron chi connectivity index (χ3n) is 6.09. The molecule has 2 aromatic rings. The normalized spacial score (nSPS) is 20.3. The van der Waals surface area contributed by atoms with E-state index >= 15 is 0 Å². The lowest BCUT2D eigenvalue weighted by atomic mass is 10.2. The highest BCUT2D eigenvalue weighted by Gasteiger charge is 2.24. The van der Waals surface area contributed by atoms with Gasteiger partial charge in [-0.05, 0) is 18.2 Å². The number of benzene rings is 1. The minimum Gasteiger partial charge on any atom is -0.378 e. The Hall–Kier alpha value is -2.29. The number of anilines is 4. The summed E-state index contributed by atoms with van der Waals surface area (Å²) in [6.07, 6.45) is 0. The predicted octanol–water partition coefficient (Wildman–Crippen LogP) is 2.13. The molecular weight excluding hydrogens is 416 g/mol. The first-order valence-electron chi connectivity index (χ1n) is 11.1. The van der Waals surface area contributed by atoms with Crippen LogP contribution in [0.1, 0.15) is 0 Å². The van der Waals surface area contributed by atoms with E-state index in [0.29, 0.717) is 0 Å². The summed E-state index contributed by atoms with van der Waals surface area (Å²) in [5.41, 5.74) is 1.17. The Morgan fingerprint density at radius 1 is 0.645 bits per heavy atom. The number of hydrogen-bond acceptors (Lipinski definition) is 8. The molecule has 0 spiro atoms. The van der Waals surface area contributed by atoms with E-state index in [1.807, 2.05) is 18.2 Å². The van der Waals surface area contributed by atoms with Gasteiger partial charge in [-0.2, -0.15) is 9.97 Å². The molecule has 4 heterocycles. The first kappa shape index (κ1) is 20.6. The zero-order chi connectivity index (χ0) is 21.0. The highest BCUT2D eigenvalue weighted by Crippen LogP contribution is 2.26. The Morgan fingerprint density at radius 2 is 1.19 bits per heavy atom. The molecule has 31 heavy (non-hydrogen) atoms. The monoisotopic (exact) mass is 444 g/mol. The second-order valence-electron chi connectivity index (χ2n) is 8.04. The van der Waals surface area contributed by atoms with Crippen LogP contribution in [0.15, 0.2) is 30.3 Å². The number of ether oxygens (including phenoxy) is 2. The molecule has 0 radical (unpaired) electrons. The second-order valence-corrected chi connectivity index (χ2v) is 8.47. The molecule has 3 fully saturated rings. The van der Waals surface area contributed by atoms with Crippen molar-refractivity contribution in [1.29, 1.82) is 0 Å². The number of piperazine rings is 1.